The molecule has 3 aromatic rings. The highest BCUT2D eigenvalue weighted by atomic mass is 16.6. The molecule has 1 saturated heterocycles. The van der Waals surface area contributed by atoms with Gasteiger partial charge in [0.1, 0.15) is 5.60 Å². The number of likely N-dealkylation sites (tertiary alicyclic amines) is 1. The van der Waals surface area contributed by atoms with Gasteiger partial charge in [0.15, 0.2) is 0 Å². The van der Waals surface area contributed by atoms with E-state index in [1.165, 1.54) is 5.56 Å². The van der Waals surface area contributed by atoms with Crippen molar-refractivity contribution >= 4 is 22.7 Å². The van der Waals surface area contributed by atoms with Gasteiger partial charge < -0.3 is 15.0 Å². The maximum absolute atomic E-state index is 12.2. The van der Waals surface area contributed by atoms with Crippen LogP contribution in [0.2, 0.25) is 0 Å². The van der Waals surface area contributed by atoms with Crippen LogP contribution >= 0.6 is 0 Å². The van der Waals surface area contributed by atoms with Gasteiger partial charge in [0.05, 0.1) is 18.3 Å². The number of nitrogens with zero attached hydrogens (tertiary/aromatic N) is 3. The van der Waals surface area contributed by atoms with Crippen LogP contribution in [0.3, 0.4) is 0 Å². The summed E-state index contributed by atoms with van der Waals surface area (Å²) in [5.74, 6) is 0. The molecule has 1 amide bonds. The van der Waals surface area contributed by atoms with Crippen molar-refractivity contribution in [1.82, 2.24) is 14.7 Å². The third-order valence-corrected chi connectivity index (χ3v) is 5.05. The molecule has 1 fully saturated rings. The van der Waals surface area contributed by atoms with E-state index in [0.717, 1.165) is 36.1 Å². The van der Waals surface area contributed by atoms with Crippen LogP contribution in [0, 0.1) is 0 Å². The van der Waals surface area contributed by atoms with E-state index in [2.05, 4.69) is 46.8 Å². The molecular formula is C23H28N4O2. The maximum Gasteiger partial charge on any atom is 0.410 e. The van der Waals surface area contributed by atoms with Crippen LogP contribution in [0.4, 0.5) is 10.5 Å². The Labute approximate surface area is 171 Å². The van der Waals surface area contributed by atoms with E-state index in [4.69, 9.17) is 4.74 Å². The Morgan fingerprint density at radius 2 is 1.93 bits per heavy atom. The van der Waals surface area contributed by atoms with Crippen LogP contribution in [0.25, 0.3) is 10.9 Å². The predicted molar refractivity (Wildman–Crippen MR) is 115 cm³/mol. The molecule has 0 spiro atoms. The first-order valence-electron chi connectivity index (χ1n) is 10.1. The third kappa shape index (κ3) is 4.70. The number of rotatable bonds is 4. The summed E-state index contributed by atoms with van der Waals surface area (Å²) < 4.78 is 7.49. The first-order chi connectivity index (χ1) is 13.9. The summed E-state index contributed by atoms with van der Waals surface area (Å²) in [5.41, 5.74) is 2.95. The molecule has 0 aliphatic carbocycles. The topological polar surface area (TPSA) is 59.4 Å². The summed E-state index contributed by atoms with van der Waals surface area (Å²) in [6.45, 7) is 7.80. The largest absolute Gasteiger partial charge is 0.444 e. The summed E-state index contributed by atoms with van der Waals surface area (Å²) >= 11 is 0. The number of hydrogen-bond acceptors (Lipinski definition) is 4. The zero-order valence-corrected chi connectivity index (χ0v) is 17.3. The zero-order valence-electron chi connectivity index (χ0n) is 17.3. The fourth-order valence-electron chi connectivity index (χ4n) is 3.64. The second-order valence-electron chi connectivity index (χ2n) is 8.61. The van der Waals surface area contributed by atoms with Gasteiger partial charge in [-0.3, -0.25) is 4.68 Å². The number of amides is 1. The maximum atomic E-state index is 12.2. The van der Waals surface area contributed by atoms with Crippen LogP contribution in [-0.4, -0.2) is 45.5 Å². The highest BCUT2D eigenvalue weighted by molar-refractivity contribution is 5.78. The van der Waals surface area contributed by atoms with Crippen molar-refractivity contribution in [2.75, 3.05) is 18.4 Å². The Bertz CT molecular complexity index is 988. The second-order valence-corrected chi connectivity index (χ2v) is 8.61. The fraction of sp³-hybridized carbons (Fsp3) is 0.391. The van der Waals surface area contributed by atoms with Crippen LogP contribution in [0.1, 0.15) is 32.8 Å². The smallest absolute Gasteiger partial charge is 0.410 e. The lowest BCUT2D eigenvalue weighted by atomic mass is 10.2. The molecule has 2 aromatic carbocycles. The Hall–Kier alpha value is -3.02. The quantitative estimate of drug-likeness (QED) is 0.710. The lowest BCUT2D eigenvalue weighted by Gasteiger charge is -2.24. The van der Waals surface area contributed by atoms with Crippen molar-refractivity contribution in [3.05, 3.63) is 60.3 Å². The van der Waals surface area contributed by atoms with E-state index < -0.39 is 5.60 Å². The van der Waals surface area contributed by atoms with Gasteiger partial charge in [0.2, 0.25) is 0 Å². The average molecular weight is 393 g/mol. The lowest BCUT2D eigenvalue weighted by Crippen LogP contribution is -2.36. The Morgan fingerprint density at radius 1 is 1.17 bits per heavy atom. The SMILES string of the molecule is CC(C)(C)OC(=O)N1CCC(Nc2ccc(Cn3ncc4ccccc43)cc2)C1. The molecule has 0 saturated carbocycles. The first-order valence-corrected chi connectivity index (χ1v) is 10.1. The van der Waals surface area contributed by atoms with E-state index in [1.807, 2.05) is 43.8 Å². The number of carbonyl (C=O) groups excluding carboxylic acids is 1. The molecule has 1 aromatic heterocycles. The molecule has 1 N–H and O–H groups in total. The number of anilines is 1. The van der Waals surface area contributed by atoms with Gasteiger partial charge in [-0.1, -0.05) is 30.3 Å². The van der Waals surface area contributed by atoms with Gasteiger partial charge in [0, 0.05) is 30.2 Å². The van der Waals surface area contributed by atoms with E-state index in [1.54, 1.807) is 4.90 Å². The number of benzene rings is 2. The Balaban J connectivity index is 1.34. The molecule has 29 heavy (non-hydrogen) atoms. The standard InChI is InChI=1S/C23H28N4O2/c1-23(2,3)29-22(28)26-13-12-20(16-26)25-19-10-8-17(9-11-19)15-27-21-7-5-4-6-18(21)14-24-27/h4-11,14,20,25H,12-13,15-16H2,1-3H3. The average Bonchev–Trinajstić information content (AvgIpc) is 3.30. The van der Waals surface area contributed by atoms with Gasteiger partial charge in [0.25, 0.3) is 0 Å². The number of aromatic nitrogens is 2. The molecule has 6 nitrogen and oxygen atoms in total. The monoisotopic (exact) mass is 392 g/mol. The number of carbonyl (C=O) groups is 1. The van der Waals surface area contributed by atoms with E-state index in [0.29, 0.717) is 6.54 Å². The Kier molecular flexibility index (Phi) is 5.18. The van der Waals surface area contributed by atoms with Crippen LogP contribution < -0.4 is 5.32 Å². The van der Waals surface area contributed by atoms with Crippen molar-refractivity contribution in [2.24, 2.45) is 0 Å². The molecule has 1 atom stereocenters. The van der Waals surface area contributed by atoms with E-state index in [-0.39, 0.29) is 12.1 Å². The minimum Gasteiger partial charge on any atom is -0.444 e. The zero-order chi connectivity index (χ0) is 20.4. The van der Waals surface area contributed by atoms with Gasteiger partial charge in [-0.2, -0.15) is 5.10 Å². The van der Waals surface area contributed by atoms with Crippen LogP contribution in [0.15, 0.2) is 54.7 Å². The third-order valence-electron chi connectivity index (χ3n) is 5.05. The van der Waals surface area contributed by atoms with Crippen molar-refractivity contribution in [3.8, 4) is 0 Å². The number of fused-ring (bicyclic) bond motifs is 1. The second kappa shape index (κ2) is 7.78. The highest BCUT2D eigenvalue weighted by Gasteiger charge is 2.29. The molecule has 2 heterocycles. The predicted octanol–water partition coefficient (Wildman–Crippen LogP) is 4.51. The molecule has 1 aliphatic heterocycles. The van der Waals surface area contributed by atoms with Gasteiger partial charge in [-0.15, -0.1) is 0 Å². The summed E-state index contributed by atoms with van der Waals surface area (Å²) in [4.78, 5) is 14.0. The molecule has 1 unspecified atom stereocenters. The number of nitrogens with one attached hydrogen (secondary N) is 1. The molecule has 6 heteroatoms. The number of ether oxygens (including phenoxy) is 1. The van der Waals surface area contributed by atoms with Crippen molar-refractivity contribution in [1.29, 1.82) is 0 Å². The summed E-state index contributed by atoms with van der Waals surface area (Å²) in [6, 6.07) is 16.9. The molecule has 4 rings (SSSR count). The van der Waals surface area contributed by atoms with Crippen molar-refractivity contribution in [2.45, 2.75) is 45.4 Å². The highest BCUT2D eigenvalue weighted by Crippen LogP contribution is 2.20. The Morgan fingerprint density at radius 3 is 2.69 bits per heavy atom. The molecule has 1 aliphatic rings. The fourth-order valence-corrected chi connectivity index (χ4v) is 3.64. The van der Waals surface area contributed by atoms with Crippen molar-refractivity contribution in [3.63, 3.8) is 0 Å². The minimum atomic E-state index is -0.460. The molecular weight excluding hydrogens is 364 g/mol. The molecule has 152 valence electrons. The summed E-state index contributed by atoms with van der Waals surface area (Å²) in [7, 11) is 0. The first kappa shape index (κ1) is 19.3. The summed E-state index contributed by atoms with van der Waals surface area (Å²) in [5, 5.41) is 9.18. The number of hydrogen-bond donors (Lipinski definition) is 1. The van der Waals surface area contributed by atoms with Gasteiger partial charge >= 0.3 is 6.09 Å². The number of para-hydroxylation sites is 1. The normalized spacial score (nSPS) is 16.9. The van der Waals surface area contributed by atoms with Crippen LogP contribution in [-0.2, 0) is 11.3 Å². The minimum absolute atomic E-state index is 0.233. The lowest BCUT2D eigenvalue weighted by molar-refractivity contribution is 0.0293. The molecule has 0 radical (unpaired) electrons. The van der Waals surface area contributed by atoms with Crippen molar-refractivity contribution < 1.29 is 9.53 Å². The molecule has 0 bridgehead atoms. The van der Waals surface area contributed by atoms with Gasteiger partial charge in [-0.05, 0) is 51.0 Å². The van der Waals surface area contributed by atoms with E-state index in [9.17, 15) is 4.79 Å². The van der Waals surface area contributed by atoms with Crippen LogP contribution in [0.5, 0.6) is 0 Å². The van der Waals surface area contributed by atoms with Gasteiger partial charge in [-0.25, -0.2) is 4.79 Å². The van der Waals surface area contributed by atoms with E-state index >= 15 is 0 Å². The summed E-state index contributed by atoms with van der Waals surface area (Å²) in [6.07, 6.45) is 2.59.